The number of hydrogen-bond acceptors (Lipinski definition) is 7. The van der Waals surface area contributed by atoms with Crippen LogP contribution in [0.25, 0.3) is 11.4 Å². The topological polar surface area (TPSA) is 117 Å². The Kier molecular flexibility index (Phi) is 13.2. The predicted octanol–water partition coefficient (Wildman–Crippen LogP) is 3.60. The van der Waals surface area contributed by atoms with Gasteiger partial charge in [-0.15, -0.1) is 9.89 Å². The molecule has 2 amide bonds. The lowest BCUT2D eigenvalue weighted by Gasteiger charge is -2.39. The molecule has 0 radical (unpaired) electrons. The zero-order chi connectivity index (χ0) is 28.1. The predicted molar refractivity (Wildman–Crippen MR) is 152 cm³/mol. The molecule has 10 nitrogen and oxygen atoms in total. The molecule has 0 bridgehead atoms. The maximum atomic E-state index is 14.0. The Morgan fingerprint density at radius 2 is 1.74 bits per heavy atom. The van der Waals surface area contributed by atoms with Crippen LogP contribution < -0.4 is 16.1 Å². The Hall–Kier alpha value is -3.01. The molecule has 2 aromatic rings. The Morgan fingerprint density at radius 3 is 2.34 bits per heavy atom. The van der Waals surface area contributed by atoms with Crippen molar-refractivity contribution in [2.45, 2.75) is 104 Å². The molecule has 1 aliphatic rings. The van der Waals surface area contributed by atoms with Crippen molar-refractivity contribution in [2.75, 3.05) is 19.0 Å². The highest BCUT2D eigenvalue weighted by Gasteiger charge is 2.37. The molecule has 1 aromatic carbocycles. The molecule has 1 heterocycles. The first-order valence-electron chi connectivity index (χ1n) is 14.3. The quantitative estimate of drug-likeness (QED) is 0.385. The first-order valence-corrected chi connectivity index (χ1v) is 14.3. The van der Waals surface area contributed by atoms with Gasteiger partial charge in [-0.2, -0.15) is 0 Å². The van der Waals surface area contributed by atoms with Gasteiger partial charge in [0, 0.05) is 12.1 Å². The molecule has 1 aromatic heterocycles. The van der Waals surface area contributed by atoms with Gasteiger partial charge in [-0.3, -0.25) is 9.59 Å². The van der Waals surface area contributed by atoms with E-state index in [1.165, 1.54) is 6.42 Å². The summed E-state index contributed by atoms with van der Waals surface area (Å²) >= 11 is 0. The van der Waals surface area contributed by atoms with Gasteiger partial charge < -0.3 is 21.0 Å². The van der Waals surface area contributed by atoms with E-state index in [0.717, 1.165) is 37.7 Å². The van der Waals surface area contributed by atoms with Gasteiger partial charge >= 0.3 is 0 Å². The van der Waals surface area contributed by atoms with Crippen molar-refractivity contribution in [3.63, 3.8) is 0 Å². The summed E-state index contributed by atoms with van der Waals surface area (Å²) in [5, 5.41) is 18.2. The van der Waals surface area contributed by atoms with Gasteiger partial charge in [0.2, 0.25) is 17.6 Å². The number of likely N-dealkylation sites (N-methyl/N-ethyl adjacent to an activating group) is 1. The maximum Gasteiger partial charge on any atom is 0.245 e. The maximum absolute atomic E-state index is 14.0. The second-order valence-corrected chi connectivity index (χ2v) is 9.87. The summed E-state index contributed by atoms with van der Waals surface area (Å²) in [5.41, 5.74) is 4.26. The molecule has 1 saturated carbocycles. The van der Waals surface area contributed by atoms with Crippen LogP contribution in [0.1, 0.15) is 80.1 Å². The third-order valence-corrected chi connectivity index (χ3v) is 7.30. The molecule has 4 atom stereocenters. The lowest BCUT2D eigenvalue weighted by molar-refractivity contribution is -0.140. The molecular formula is C28H48N8O2. The normalized spacial score (nSPS) is 16.8. The van der Waals surface area contributed by atoms with E-state index in [9.17, 15) is 9.59 Å². The average molecular weight is 529 g/mol. The third-order valence-electron chi connectivity index (χ3n) is 7.30. The smallest absolute Gasteiger partial charge is 0.245 e. The zero-order valence-corrected chi connectivity index (χ0v) is 24.3. The van der Waals surface area contributed by atoms with E-state index < -0.39 is 6.04 Å². The molecule has 1 aliphatic carbocycles. The molecule has 0 aliphatic heterocycles. The van der Waals surface area contributed by atoms with Crippen LogP contribution in [0, 0.1) is 5.92 Å². The first kappa shape index (κ1) is 31.2. The van der Waals surface area contributed by atoms with Crippen LogP contribution in [0.2, 0.25) is 0 Å². The van der Waals surface area contributed by atoms with E-state index >= 15 is 0 Å². The Labute approximate surface area is 228 Å². The molecular weight excluding hydrogens is 480 g/mol. The van der Waals surface area contributed by atoms with Gasteiger partial charge in [0.05, 0.1) is 18.1 Å². The first-order chi connectivity index (χ1) is 18.4. The van der Waals surface area contributed by atoms with Crippen LogP contribution in [0.5, 0.6) is 0 Å². The van der Waals surface area contributed by atoms with E-state index in [4.69, 9.17) is 0 Å². The number of hydrogen-bond donors (Lipinski definition) is 3. The highest BCUT2D eigenvalue weighted by molar-refractivity contribution is 5.90. The van der Waals surface area contributed by atoms with Crippen molar-refractivity contribution in [2.24, 2.45) is 5.92 Å². The fraction of sp³-hybridized carbons (Fsp3) is 0.679. The summed E-state index contributed by atoms with van der Waals surface area (Å²) in [6, 6.07) is 8.54. The minimum absolute atomic E-state index is 0.0125. The summed E-state index contributed by atoms with van der Waals surface area (Å²) in [4.78, 5) is 30.3. The summed E-state index contributed by atoms with van der Waals surface area (Å²) in [5.74, 6) is 0.606. The fourth-order valence-electron chi connectivity index (χ4n) is 4.80. The molecule has 212 valence electrons. The third kappa shape index (κ3) is 8.24. The minimum Gasteiger partial charge on any atom is -0.343 e. The van der Waals surface area contributed by atoms with Gasteiger partial charge in [-0.05, 0) is 63.4 Å². The number of nitrogens with one attached hydrogen (secondary N) is 3. The van der Waals surface area contributed by atoms with Crippen LogP contribution in [-0.2, 0) is 9.59 Å². The van der Waals surface area contributed by atoms with Crippen molar-refractivity contribution >= 4 is 11.8 Å². The number of rotatable bonds is 12. The number of amides is 2. The SMILES string of the molecule is CC.CCCN(C(=O)C(NC(=O)[C@H](C)NC)C1CCCCC1)C(C)C(C)Nn1nnnc1-c1ccccc1. The number of benzene rings is 1. The van der Waals surface area contributed by atoms with Crippen LogP contribution >= 0.6 is 0 Å². The molecule has 3 unspecified atom stereocenters. The number of nitrogens with zero attached hydrogens (tertiary/aromatic N) is 5. The van der Waals surface area contributed by atoms with Crippen LogP contribution in [-0.4, -0.2) is 74.8 Å². The molecule has 0 spiro atoms. The molecule has 3 rings (SSSR count). The largest absolute Gasteiger partial charge is 0.343 e. The van der Waals surface area contributed by atoms with Gasteiger partial charge in [0.15, 0.2) is 0 Å². The second-order valence-electron chi connectivity index (χ2n) is 9.87. The fourth-order valence-corrected chi connectivity index (χ4v) is 4.80. The summed E-state index contributed by atoms with van der Waals surface area (Å²) < 4.78 is 0. The monoisotopic (exact) mass is 528 g/mol. The summed E-state index contributed by atoms with van der Waals surface area (Å²) in [6.45, 7) is 12.5. The van der Waals surface area contributed by atoms with Gasteiger partial charge in [0.1, 0.15) is 6.04 Å². The summed E-state index contributed by atoms with van der Waals surface area (Å²) in [6.07, 6.45) is 6.10. The second kappa shape index (κ2) is 16.1. The number of tetrazole rings is 1. The standard InChI is InChI=1S/C26H42N8O2.C2H6/c1-6-17-33(26(36)23(21-13-9-7-10-14-21)28-25(35)19(3)27-5)20(4)18(2)30-34-24(29-31-32-34)22-15-11-8-12-16-22;1-2/h8,11-12,15-16,18-21,23,27,30H,6-7,9-10,13-14,17H2,1-5H3,(H,28,35);1-2H3/t18?,19-,20?,23?;/m0./s1. The van der Waals surface area contributed by atoms with Gasteiger partial charge in [-0.1, -0.05) is 70.4 Å². The molecule has 3 N–H and O–H groups in total. The van der Waals surface area contributed by atoms with Gasteiger partial charge in [0.25, 0.3) is 0 Å². The van der Waals surface area contributed by atoms with Gasteiger partial charge in [-0.25, -0.2) is 0 Å². The van der Waals surface area contributed by atoms with E-state index in [2.05, 4.69) is 38.5 Å². The van der Waals surface area contributed by atoms with Crippen LogP contribution in [0.3, 0.4) is 0 Å². The van der Waals surface area contributed by atoms with E-state index in [1.807, 2.05) is 69.9 Å². The lowest BCUT2D eigenvalue weighted by Crippen LogP contribution is -2.59. The Morgan fingerprint density at radius 1 is 1.08 bits per heavy atom. The van der Waals surface area contributed by atoms with Crippen molar-refractivity contribution in [1.29, 1.82) is 0 Å². The minimum atomic E-state index is -0.525. The van der Waals surface area contributed by atoms with Crippen molar-refractivity contribution in [3.05, 3.63) is 30.3 Å². The highest BCUT2D eigenvalue weighted by atomic mass is 16.2. The lowest BCUT2D eigenvalue weighted by atomic mass is 9.83. The van der Waals surface area contributed by atoms with Crippen LogP contribution in [0.4, 0.5) is 0 Å². The molecule has 38 heavy (non-hydrogen) atoms. The van der Waals surface area contributed by atoms with E-state index in [1.54, 1.807) is 11.8 Å². The Bertz CT molecular complexity index is 961. The van der Waals surface area contributed by atoms with Crippen molar-refractivity contribution in [1.82, 2.24) is 35.8 Å². The zero-order valence-electron chi connectivity index (χ0n) is 24.3. The van der Waals surface area contributed by atoms with E-state index in [0.29, 0.717) is 12.4 Å². The average Bonchev–Trinajstić information content (AvgIpc) is 3.43. The van der Waals surface area contributed by atoms with Crippen molar-refractivity contribution < 1.29 is 9.59 Å². The van der Waals surface area contributed by atoms with Crippen molar-refractivity contribution in [3.8, 4) is 11.4 Å². The Balaban J connectivity index is 0.00000247. The number of carbonyl (C=O) groups excluding carboxylic acids is 2. The number of carbonyl (C=O) groups is 2. The molecule has 10 heteroatoms. The molecule has 1 fully saturated rings. The van der Waals surface area contributed by atoms with E-state index in [-0.39, 0.29) is 35.9 Å². The summed E-state index contributed by atoms with van der Waals surface area (Å²) in [7, 11) is 1.75. The molecule has 0 saturated heterocycles. The highest BCUT2D eigenvalue weighted by Crippen LogP contribution is 2.28. The number of aromatic nitrogens is 4. The van der Waals surface area contributed by atoms with Crippen LogP contribution in [0.15, 0.2) is 30.3 Å².